The Kier molecular flexibility index (Phi) is 3.88. The van der Waals surface area contributed by atoms with Crippen LogP contribution in [0.2, 0.25) is 0 Å². The van der Waals surface area contributed by atoms with E-state index in [9.17, 15) is 4.79 Å². The van der Waals surface area contributed by atoms with Crippen LogP contribution in [0.15, 0.2) is 16.8 Å². The van der Waals surface area contributed by atoms with Crippen LogP contribution >= 0.6 is 11.3 Å². The second-order valence-corrected chi connectivity index (χ2v) is 4.31. The lowest BCUT2D eigenvalue weighted by atomic mass is 10.1. The summed E-state index contributed by atoms with van der Waals surface area (Å²) in [5.74, 6) is 0.154. The molecule has 82 valence electrons. The Bertz CT molecular complexity index is 302. The van der Waals surface area contributed by atoms with Gasteiger partial charge in [0.05, 0.1) is 19.8 Å². The van der Waals surface area contributed by atoms with Gasteiger partial charge in [-0.15, -0.1) is 0 Å². The Morgan fingerprint density at radius 3 is 3.13 bits per heavy atom. The third-order valence-corrected chi connectivity index (χ3v) is 3.15. The van der Waals surface area contributed by atoms with Crippen LogP contribution in [0.1, 0.15) is 12.0 Å². The van der Waals surface area contributed by atoms with E-state index in [2.05, 4.69) is 11.4 Å². The largest absolute Gasteiger partial charge is 0.376 e. The van der Waals surface area contributed by atoms with Crippen molar-refractivity contribution in [3.05, 3.63) is 22.4 Å². The highest BCUT2D eigenvalue weighted by Crippen LogP contribution is 2.11. The molecule has 4 heteroatoms. The summed E-state index contributed by atoms with van der Waals surface area (Å²) in [6.07, 6.45) is 1.02. The van der Waals surface area contributed by atoms with E-state index in [0.29, 0.717) is 26.2 Å². The van der Waals surface area contributed by atoms with Gasteiger partial charge in [0.2, 0.25) is 0 Å². The van der Waals surface area contributed by atoms with Crippen LogP contribution in [0.25, 0.3) is 0 Å². The van der Waals surface area contributed by atoms with Crippen LogP contribution in [0, 0.1) is 0 Å². The third kappa shape index (κ3) is 3.12. The van der Waals surface area contributed by atoms with Gasteiger partial charge in [0.15, 0.2) is 5.78 Å². The summed E-state index contributed by atoms with van der Waals surface area (Å²) in [5, 5.41) is 4.10. The molecule has 1 aliphatic rings. The van der Waals surface area contributed by atoms with Crippen LogP contribution in [0.4, 0.5) is 0 Å². The summed E-state index contributed by atoms with van der Waals surface area (Å²) in [6, 6.07) is 2.05. The molecule has 0 aliphatic carbocycles. The lowest BCUT2D eigenvalue weighted by Gasteiger charge is -2.21. The molecule has 0 radical (unpaired) electrons. The van der Waals surface area contributed by atoms with E-state index in [1.54, 1.807) is 11.3 Å². The van der Waals surface area contributed by atoms with Gasteiger partial charge in [-0.2, -0.15) is 11.3 Å². The van der Waals surface area contributed by atoms with Crippen molar-refractivity contribution >= 4 is 17.1 Å². The number of hydrogen-bond acceptors (Lipinski definition) is 4. The van der Waals surface area contributed by atoms with Gasteiger partial charge in [0.1, 0.15) is 6.10 Å². The number of thiophene rings is 1. The highest BCUT2D eigenvalue weighted by molar-refractivity contribution is 7.07. The van der Waals surface area contributed by atoms with Crippen molar-refractivity contribution in [3.63, 3.8) is 0 Å². The molecule has 2 rings (SSSR count). The quantitative estimate of drug-likeness (QED) is 0.783. The molecule has 3 nitrogen and oxygen atoms in total. The molecule has 1 aromatic rings. The number of carbonyl (C=O) groups is 1. The van der Waals surface area contributed by atoms with Gasteiger partial charge >= 0.3 is 0 Å². The summed E-state index contributed by atoms with van der Waals surface area (Å²) >= 11 is 1.66. The average molecular weight is 226 g/mol. The minimum atomic E-state index is -0.336. The first-order chi connectivity index (χ1) is 7.36. The summed E-state index contributed by atoms with van der Waals surface area (Å²) in [6.45, 7) is 1.56. The molecule has 0 aromatic carbocycles. The minimum absolute atomic E-state index is 0.154. The Morgan fingerprint density at radius 2 is 2.47 bits per heavy atom. The predicted octanol–water partition coefficient (Wildman–Crippen LogP) is 1.67. The first-order valence-corrected chi connectivity index (χ1v) is 6.03. The van der Waals surface area contributed by atoms with E-state index in [1.807, 2.05) is 5.38 Å². The lowest BCUT2D eigenvalue weighted by Crippen LogP contribution is -2.35. The SMILES string of the molecule is O=C(CCc1ccsc1)C1COCCO1. The molecule has 1 atom stereocenters. The number of ketones is 1. The van der Waals surface area contributed by atoms with Gasteiger partial charge in [-0.05, 0) is 28.8 Å². The van der Waals surface area contributed by atoms with Crippen molar-refractivity contribution in [3.8, 4) is 0 Å². The first-order valence-electron chi connectivity index (χ1n) is 5.09. The molecule has 0 amide bonds. The molecule has 1 fully saturated rings. The fourth-order valence-corrected chi connectivity index (χ4v) is 2.24. The highest BCUT2D eigenvalue weighted by Gasteiger charge is 2.21. The van der Waals surface area contributed by atoms with Crippen molar-refractivity contribution in [1.82, 2.24) is 0 Å². The molecule has 1 unspecified atom stereocenters. The number of Topliss-reactive ketones (excluding diaryl/α,β-unsaturated/α-hetero) is 1. The van der Waals surface area contributed by atoms with Crippen LogP contribution in [-0.4, -0.2) is 31.7 Å². The van der Waals surface area contributed by atoms with Crippen LogP contribution in [-0.2, 0) is 20.7 Å². The van der Waals surface area contributed by atoms with E-state index in [-0.39, 0.29) is 11.9 Å². The molecule has 0 saturated carbocycles. The molecule has 15 heavy (non-hydrogen) atoms. The highest BCUT2D eigenvalue weighted by atomic mass is 32.1. The monoisotopic (exact) mass is 226 g/mol. The zero-order valence-electron chi connectivity index (χ0n) is 8.48. The van der Waals surface area contributed by atoms with Gasteiger partial charge in [-0.25, -0.2) is 0 Å². The molecule has 1 saturated heterocycles. The summed E-state index contributed by atoms with van der Waals surface area (Å²) < 4.78 is 10.5. The average Bonchev–Trinajstić information content (AvgIpc) is 2.80. The lowest BCUT2D eigenvalue weighted by molar-refractivity contribution is -0.145. The van der Waals surface area contributed by atoms with Gasteiger partial charge in [0, 0.05) is 6.42 Å². The Labute approximate surface area is 93.0 Å². The number of carbonyl (C=O) groups excluding carboxylic acids is 1. The molecule has 1 aromatic heterocycles. The van der Waals surface area contributed by atoms with E-state index < -0.39 is 0 Å². The van der Waals surface area contributed by atoms with Crippen molar-refractivity contribution in [2.24, 2.45) is 0 Å². The van der Waals surface area contributed by atoms with Crippen LogP contribution < -0.4 is 0 Å². The van der Waals surface area contributed by atoms with Crippen LogP contribution in [0.5, 0.6) is 0 Å². The van der Waals surface area contributed by atoms with Crippen molar-refractivity contribution < 1.29 is 14.3 Å². The van der Waals surface area contributed by atoms with Crippen LogP contribution in [0.3, 0.4) is 0 Å². The zero-order valence-corrected chi connectivity index (χ0v) is 9.29. The topological polar surface area (TPSA) is 35.5 Å². The van der Waals surface area contributed by atoms with Gasteiger partial charge in [-0.1, -0.05) is 0 Å². The van der Waals surface area contributed by atoms with Gasteiger partial charge in [-0.3, -0.25) is 4.79 Å². The molecule has 2 heterocycles. The molecular weight excluding hydrogens is 212 g/mol. The molecule has 0 bridgehead atoms. The predicted molar refractivity (Wildman–Crippen MR) is 58.2 cm³/mol. The second-order valence-electron chi connectivity index (χ2n) is 3.53. The number of aryl methyl sites for hydroxylation is 1. The Balaban J connectivity index is 1.76. The van der Waals surface area contributed by atoms with E-state index in [4.69, 9.17) is 9.47 Å². The smallest absolute Gasteiger partial charge is 0.164 e. The molecule has 0 spiro atoms. The maximum atomic E-state index is 11.7. The first kappa shape index (κ1) is 10.8. The third-order valence-electron chi connectivity index (χ3n) is 2.42. The number of rotatable bonds is 4. The molecule has 1 aliphatic heterocycles. The van der Waals surface area contributed by atoms with Gasteiger partial charge < -0.3 is 9.47 Å². The van der Waals surface area contributed by atoms with Gasteiger partial charge in [0.25, 0.3) is 0 Å². The fraction of sp³-hybridized carbons (Fsp3) is 0.545. The summed E-state index contributed by atoms with van der Waals surface area (Å²) in [4.78, 5) is 11.7. The number of ether oxygens (including phenoxy) is 2. The molecule has 0 N–H and O–H groups in total. The van der Waals surface area contributed by atoms with Crippen molar-refractivity contribution in [2.75, 3.05) is 19.8 Å². The Hall–Kier alpha value is -0.710. The summed E-state index contributed by atoms with van der Waals surface area (Å²) in [5.41, 5.74) is 1.23. The summed E-state index contributed by atoms with van der Waals surface area (Å²) in [7, 11) is 0. The standard InChI is InChI=1S/C11H14O3S/c12-10(11-7-13-4-5-14-11)2-1-9-3-6-15-8-9/h3,6,8,11H,1-2,4-5,7H2. The minimum Gasteiger partial charge on any atom is -0.376 e. The normalized spacial score (nSPS) is 21.5. The van der Waals surface area contributed by atoms with E-state index in [1.165, 1.54) is 5.56 Å². The zero-order chi connectivity index (χ0) is 10.5. The van der Waals surface area contributed by atoms with E-state index in [0.717, 1.165) is 6.42 Å². The fourth-order valence-electron chi connectivity index (χ4n) is 1.54. The van der Waals surface area contributed by atoms with Crippen molar-refractivity contribution in [2.45, 2.75) is 18.9 Å². The second kappa shape index (κ2) is 5.39. The van der Waals surface area contributed by atoms with Crippen molar-refractivity contribution in [1.29, 1.82) is 0 Å². The maximum Gasteiger partial charge on any atom is 0.164 e. The Morgan fingerprint density at radius 1 is 1.53 bits per heavy atom. The van der Waals surface area contributed by atoms with E-state index >= 15 is 0 Å². The molecular formula is C11H14O3S. The number of hydrogen-bond donors (Lipinski definition) is 0. The maximum absolute atomic E-state index is 11.7.